The van der Waals surface area contributed by atoms with Crippen molar-refractivity contribution in [2.45, 2.75) is 66.5 Å². The van der Waals surface area contributed by atoms with Gasteiger partial charge < -0.3 is 14.6 Å². The van der Waals surface area contributed by atoms with Crippen molar-refractivity contribution in [1.82, 2.24) is 20.0 Å². The van der Waals surface area contributed by atoms with Crippen LogP contribution in [0, 0.1) is 39.5 Å². The maximum atomic E-state index is 13.0. The van der Waals surface area contributed by atoms with Crippen molar-refractivity contribution in [1.29, 1.82) is 0 Å². The summed E-state index contributed by atoms with van der Waals surface area (Å²) >= 11 is 0. The van der Waals surface area contributed by atoms with Gasteiger partial charge in [-0.1, -0.05) is 0 Å². The van der Waals surface area contributed by atoms with E-state index in [1.165, 1.54) is 6.92 Å². The minimum atomic E-state index is -0.00934. The number of piperidine rings is 1. The van der Waals surface area contributed by atoms with Gasteiger partial charge in [-0.2, -0.15) is 5.10 Å². The molecule has 2 aromatic heterocycles. The van der Waals surface area contributed by atoms with Crippen LogP contribution in [0.25, 0.3) is 0 Å². The van der Waals surface area contributed by atoms with Gasteiger partial charge in [-0.3, -0.25) is 19.1 Å². The van der Waals surface area contributed by atoms with Crippen LogP contribution in [0.15, 0.2) is 10.5 Å². The van der Waals surface area contributed by atoms with Gasteiger partial charge in [-0.05, 0) is 65.4 Å². The first-order valence-electron chi connectivity index (χ1n) is 11.4. The topological polar surface area (TPSA) is 97.4 Å². The third kappa shape index (κ3) is 4.10. The molecule has 0 aromatic carbocycles. The van der Waals surface area contributed by atoms with Crippen LogP contribution in [0.3, 0.4) is 0 Å². The SMILES string of the molecule is CC(=O)c1c(C)nn(CCC(=O)NC2[C@@H]3CC[C@H]2CN(C(=O)c2cc(C)oc2C)C3)c1C. The number of furan rings is 1. The van der Waals surface area contributed by atoms with Crippen molar-refractivity contribution >= 4 is 17.6 Å². The monoisotopic (exact) mass is 440 g/mol. The van der Waals surface area contributed by atoms with E-state index in [9.17, 15) is 14.4 Å². The lowest BCUT2D eigenvalue weighted by atomic mass is 9.91. The number of rotatable bonds is 6. The van der Waals surface area contributed by atoms with Crippen molar-refractivity contribution in [3.63, 3.8) is 0 Å². The average Bonchev–Trinajstić information content (AvgIpc) is 3.28. The van der Waals surface area contributed by atoms with Crippen LogP contribution < -0.4 is 5.32 Å². The first-order chi connectivity index (χ1) is 15.2. The van der Waals surface area contributed by atoms with Gasteiger partial charge in [0, 0.05) is 37.8 Å². The minimum Gasteiger partial charge on any atom is -0.466 e. The first kappa shape index (κ1) is 22.3. The number of aryl methyl sites for hydroxylation is 4. The molecule has 2 aliphatic rings. The van der Waals surface area contributed by atoms with Gasteiger partial charge in [-0.15, -0.1) is 0 Å². The average molecular weight is 441 g/mol. The minimum absolute atomic E-state index is 0.00522. The fraction of sp³-hybridized carbons (Fsp3) is 0.583. The third-order valence-corrected chi connectivity index (χ3v) is 7.00. The Hall–Kier alpha value is -2.90. The predicted molar refractivity (Wildman–Crippen MR) is 119 cm³/mol. The van der Waals surface area contributed by atoms with Crippen LogP contribution in [-0.2, 0) is 11.3 Å². The molecule has 32 heavy (non-hydrogen) atoms. The molecule has 2 fully saturated rings. The summed E-state index contributed by atoms with van der Waals surface area (Å²) in [7, 11) is 0. The maximum absolute atomic E-state index is 13.0. The molecule has 2 amide bonds. The lowest BCUT2D eigenvalue weighted by Gasteiger charge is -2.38. The van der Waals surface area contributed by atoms with E-state index >= 15 is 0 Å². The van der Waals surface area contributed by atoms with Gasteiger partial charge in [0.2, 0.25) is 5.91 Å². The molecule has 1 unspecified atom stereocenters. The number of hydrogen-bond acceptors (Lipinski definition) is 5. The first-order valence-corrected chi connectivity index (χ1v) is 11.4. The Morgan fingerprint density at radius 1 is 1.12 bits per heavy atom. The number of amides is 2. The molecule has 172 valence electrons. The van der Waals surface area contributed by atoms with Crippen LogP contribution in [0.5, 0.6) is 0 Å². The van der Waals surface area contributed by atoms with Gasteiger partial charge >= 0.3 is 0 Å². The van der Waals surface area contributed by atoms with Gasteiger partial charge in [0.15, 0.2) is 5.78 Å². The number of carbonyl (C=O) groups is 3. The molecule has 1 aliphatic carbocycles. The number of likely N-dealkylation sites (tertiary alicyclic amines) is 1. The number of aromatic nitrogens is 2. The Labute approximate surface area is 188 Å². The lowest BCUT2D eigenvalue weighted by Crippen LogP contribution is -2.54. The number of carbonyl (C=O) groups excluding carboxylic acids is 3. The standard InChI is InChI=1S/C24H32N4O4/c1-13-10-20(17(5)32-13)24(31)27-11-18-6-7-19(12-27)23(18)25-21(30)8-9-28-15(3)22(16(4)29)14(2)26-28/h10,18-19,23H,6-9,11-12H2,1-5H3,(H,25,30)/t18-,19+,23?. The lowest BCUT2D eigenvalue weighted by molar-refractivity contribution is -0.122. The zero-order valence-electron chi connectivity index (χ0n) is 19.5. The van der Waals surface area contributed by atoms with E-state index in [1.807, 2.05) is 38.7 Å². The molecule has 4 rings (SSSR count). The second kappa shape index (κ2) is 8.56. The number of ketones is 1. The van der Waals surface area contributed by atoms with E-state index in [-0.39, 0.29) is 35.5 Å². The summed E-state index contributed by atoms with van der Waals surface area (Å²) in [4.78, 5) is 39.4. The molecular weight excluding hydrogens is 408 g/mol. The number of fused-ring (bicyclic) bond motifs is 2. The molecule has 1 N–H and O–H groups in total. The van der Waals surface area contributed by atoms with E-state index in [4.69, 9.17) is 4.42 Å². The highest BCUT2D eigenvalue weighted by molar-refractivity contribution is 5.96. The van der Waals surface area contributed by atoms with Gasteiger partial charge in [0.25, 0.3) is 5.91 Å². The highest BCUT2D eigenvalue weighted by Crippen LogP contribution is 2.37. The fourth-order valence-electron chi connectivity index (χ4n) is 5.53. The Morgan fingerprint density at radius 3 is 2.31 bits per heavy atom. The molecule has 1 aliphatic heterocycles. The Kier molecular flexibility index (Phi) is 5.97. The molecule has 0 radical (unpaired) electrons. The van der Waals surface area contributed by atoms with Crippen LogP contribution in [0.1, 0.15) is 69.8 Å². The summed E-state index contributed by atoms with van der Waals surface area (Å²) in [6.07, 6.45) is 2.34. The Bertz CT molecular complexity index is 1050. The highest BCUT2D eigenvalue weighted by atomic mass is 16.3. The van der Waals surface area contributed by atoms with E-state index in [2.05, 4.69) is 10.4 Å². The number of Topliss-reactive ketones (excluding diaryl/α,β-unsaturated/α-hetero) is 1. The molecule has 2 bridgehead atoms. The molecule has 1 saturated carbocycles. The van der Waals surface area contributed by atoms with Crippen LogP contribution in [-0.4, -0.2) is 51.4 Å². The largest absolute Gasteiger partial charge is 0.466 e. The number of nitrogens with one attached hydrogen (secondary N) is 1. The van der Waals surface area contributed by atoms with Gasteiger partial charge in [0.05, 0.1) is 16.8 Å². The van der Waals surface area contributed by atoms with Gasteiger partial charge in [0.1, 0.15) is 11.5 Å². The molecular formula is C24H32N4O4. The van der Waals surface area contributed by atoms with Crippen LogP contribution in [0.2, 0.25) is 0 Å². The third-order valence-electron chi connectivity index (χ3n) is 7.00. The molecule has 2 aromatic rings. The molecule has 1 saturated heterocycles. The summed E-state index contributed by atoms with van der Waals surface area (Å²) in [5.74, 6) is 1.95. The van der Waals surface area contributed by atoms with Crippen molar-refractivity contribution in [2.75, 3.05) is 13.1 Å². The van der Waals surface area contributed by atoms with E-state index in [1.54, 1.807) is 4.68 Å². The molecule has 3 atom stereocenters. The maximum Gasteiger partial charge on any atom is 0.257 e. The Balaban J connectivity index is 1.35. The zero-order valence-corrected chi connectivity index (χ0v) is 19.5. The Morgan fingerprint density at radius 2 is 1.78 bits per heavy atom. The van der Waals surface area contributed by atoms with E-state index in [0.29, 0.717) is 48.6 Å². The molecule has 0 spiro atoms. The smallest absolute Gasteiger partial charge is 0.257 e. The van der Waals surface area contributed by atoms with Crippen molar-refractivity contribution < 1.29 is 18.8 Å². The van der Waals surface area contributed by atoms with E-state index in [0.717, 1.165) is 24.3 Å². The number of nitrogens with zero attached hydrogens (tertiary/aromatic N) is 3. The quantitative estimate of drug-likeness (QED) is 0.697. The van der Waals surface area contributed by atoms with Crippen molar-refractivity contribution in [3.05, 3.63) is 40.1 Å². The summed E-state index contributed by atoms with van der Waals surface area (Å²) < 4.78 is 7.28. The van der Waals surface area contributed by atoms with Crippen LogP contribution >= 0.6 is 0 Å². The predicted octanol–water partition coefficient (Wildman–Crippen LogP) is 2.97. The molecule has 8 nitrogen and oxygen atoms in total. The normalized spacial score (nSPS) is 22.3. The molecule has 3 heterocycles. The number of hydrogen-bond donors (Lipinski definition) is 1. The summed E-state index contributed by atoms with van der Waals surface area (Å²) in [5.41, 5.74) is 2.79. The highest BCUT2D eigenvalue weighted by Gasteiger charge is 2.44. The van der Waals surface area contributed by atoms with Gasteiger partial charge in [-0.25, -0.2) is 0 Å². The fourth-order valence-corrected chi connectivity index (χ4v) is 5.53. The summed E-state index contributed by atoms with van der Waals surface area (Å²) in [6, 6.07) is 1.91. The molecule has 8 heteroatoms. The second-order valence-electron chi connectivity index (χ2n) is 9.30. The van der Waals surface area contributed by atoms with Crippen molar-refractivity contribution in [3.8, 4) is 0 Å². The second-order valence-corrected chi connectivity index (χ2v) is 9.30. The van der Waals surface area contributed by atoms with Crippen LogP contribution in [0.4, 0.5) is 0 Å². The van der Waals surface area contributed by atoms with E-state index < -0.39 is 0 Å². The summed E-state index contributed by atoms with van der Waals surface area (Å²) in [6.45, 7) is 10.6. The zero-order chi connectivity index (χ0) is 23.2. The van der Waals surface area contributed by atoms with Crippen molar-refractivity contribution in [2.24, 2.45) is 11.8 Å². The summed E-state index contributed by atoms with van der Waals surface area (Å²) in [5, 5.41) is 7.65.